The highest BCUT2D eigenvalue weighted by atomic mass is 16.5. The van der Waals surface area contributed by atoms with Crippen LogP contribution in [0.3, 0.4) is 0 Å². The molecule has 1 aromatic rings. The number of aromatic nitrogens is 1. The molecule has 5 nitrogen and oxygen atoms in total. The summed E-state index contributed by atoms with van der Waals surface area (Å²) in [7, 11) is 0. The van der Waals surface area contributed by atoms with Gasteiger partial charge in [-0.25, -0.2) is 0 Å². The quantitative estimate of drug-likeness (QED) is 0.758. The zero-order chi connectivity index (χ0) is 14.4. The molecule has 110 valence electrons. The van der Waals surface area contributed by atoms with E-state index in [1.165, 1.54) is 0 Å². The van der Waals surface area contributed by atoms with E-state index in [0.29, 0.717) is 13.2 Å². The first kappa shape index (κ1) is 14.8. The van der Waals surface area contributed by atoms with Crippen LogP contribution in [-0.4, -0.2) is 41.7 Å². The monoisotopic (exact) mass is 278 g/mol. The molecule has 20 heavy (non-hydrogen) atoms. The molecule has 5 heteroatoms. The van der Waals surface area contributed by atoms with Crippen molar-refractivity contribution in [1.29, 1.82) is 0 Å². The van der Waals surface area contributed by atoms with E-state index < -0.39 is 0 Å². The Hall–Kier alpha value is -1.62. The number of esters is 1. The maximum atomic E-state index is 11.8. The molecule has 2 heterocycles. The zero-order valence-electron chi connectivity index (χ0n) is 12.0. The van der Waals surface area contributed by atoms with Gasteiger partial charge in [-0.05, 0) is 32.4 Å². The summed E-state index contributed by atoms with van der Waals surface area (Å²) >= 11 is 0. The van der Waals surface area contributed by atoms with Gasteiger partial charge in [0.15, 0.2) is 0 Å². The summed E-state index contributed by atoms with van der Waals surface area (Å²) in [4.78, 5) is 25.6. The lowest BCUT2D eigenvalue weighted by Gasteiger charge is -2.31. The first-order valence-corrected chi connectivity index (χ1v) is 7.25. The van der Waals surface area contributed by atoms with Crippen molar-refractivity contribution in [1.82, 2.24) is 9.47 Å². The zero-order valence-corrected chi connectivity index (χ0v) is 12.0. The van der Waals surface area contributed by atoms with Crippen molar-refractivity contribution in [3.63, 3.8) is 0 Å². The number of pyridine rings is 1. The first-order valence-electron chi connectivity index (χ1n) is 7.25. The fraction of sp³-hybridized carbons (Fsp3) is 0.600. The maximum absolute atomic E-state index is 11.8. The van der Waals surface area contributed by atoms with E-state index in [2.05, 4.69) is 4.90 Å². The van der Waals surface area contributed by atoms with Crippen LogP contribution in [0.5, 0.6) is 0 Å². The van der Waals surface area contributed by atoms with E-state index in [4.69, 9.17) is 4.74 Å². The van der Waals surface area contributed by atoms with Gasteiger partial charge in [0.25, 0.3) is 5.56 Å². The number of rotatable bonds is 5. The number of piperidine rings is 1. The lowest BCUT2D eigenvalue weighted by Crippen LogP contribution is -2.41. The predicted molar refractivity (Wildman–Crippen MR) is 76.5 cm³/mol. The summed E-state index contributed by atoms with van der Waals surface area (Å²) in [6.07, 6.45) is 3.71. The summed E-state index contributed by atoms with van der Waals surface area (Å²) in [5.74, 6) is -0.106. The molecule has 1 aliphatic heterocycles. The second-order valence-corrected chi connectivity index (χ2v) is 5.12. The Morgan fingerprint density at radius 2 is 2.25 bits per heavy atom. The minimum Gasteiger partial charge on any atom is -0.466 e. The second-order valence-electron chi connectivity index (χ2n) is 5.12. The standard InChI is InChI=1S/C15H22N2O3/c1-2-20-15(19)13-6-5-8-16(12-13)10-11-17-9-4-3-7-14(17)18/h3-4,7,9,13H,2,5-6,8,10-12H2,1H3/t13-/m0/s1. The Balaban J connectivity index is 1.86. The van der Waals surface area contributed by atoms with Crippen molar-refractivity contribution in [3.8, 4) is 0 Å². The van der Waals surface area contributed by atoms with Crippen LogP contribution >= 0.6 is 0 Å². The average molecular weight is 278 g/mol. The number of carbonyl (C=O) groups is 1. The Bertz CT molecular complexity index is 498. The van der Waals surface area contributed by atoms with Crippen LogP contribution in [0.2, 0.25) is 0 Å². The number of likely N-dealkylation sites (tertiary alicyclic amines) is 1. The Kier molecular flexibility index (Phi) is 5.35. The van der Waals surface area contributed by atoms with Crippen LogP contribution in [0.1, 0.15) is 19.8 Å². The van der Waals surface area contributed by atoms with Crippen molar-refractivity contribution in [2.24, 2.45) is 5.92 Å². The fourth-order valence-electron chi connectivity index (χ4n) is 2.61. The smallest absolute Gasteiger partial charge is 0.310 e. The Morgan fingerprint density at radius 1 is 1.40 bits per heavy atom. The molecule has 0 radical (unpaired) electrons. The Morgan fingerprint density at radius 3 is 3.00 bits per heavy atom. The van der Waals surface area contributed by atoms with Crippen molar-refractivity contribution in [2.45, 2.75) is 26.3 Å². The summed E-state index contributed by atoms with van der Waals surface area (Å²) < 4.78 is 6.79. The molecular weight excluding hydrogens is 256 g/mol. The third-order valence-electron chi connectivity index (χ3n) is 3.68. The molecule has 1 saturated heterocycles. The molecule has 1 fully saturated rings. The van der Waals surface area contributed by atoms with E-state index in [-0.39, 0.29) is 17.4 Å². The van der Waals surface area contributed by atoms with E-state index in [1.807, 2.05) is 13.0 Å². The van der Waals surface area contributed by atoms with Crippen LogP contribution in [0, 0.1) is 5.92 Å². The highest BCUT2D eigenvalue weighted by Crippen LogP contribution is 2.17. The lowest BCUT2D eigenvalue weighted by molar-refractivity contribution is -0.149. The van der Waals surface area contributed by atoms with Gasteiger partial charge < -0.3 is 14.2 Å². The summed E-state index contributed by atoms with van der Waals surface area (Å²) in [6, 6.07) is 5.17. The van der Waals surface area contributed by atoms with Crippen LogP contribution in [-0.2, 0) is 16.1 Å². The number of nitrogens with zero attached hydrogens (tertiary/aromatic N) is 2. The molecule has 1 aliphatic rings. The number of hydrogen-bond acceptors (Lipinski definition) is 4. The van der Waals surface area contributed by atoms with Crippen LogP contribution in [0.4, 0.5) is 0 Å². The molecule has 0 aromatic carbocycles. The second kappa shape index (κ2) is 7.24. The molecular formula is C15H22N2O3. The summed E-state index contributed by atoms with van der Waals surface area (Å²) in [5.41, 5.74) is 0.0199. The van der Waals surface area contributed by atoms with Gasteiger partial charge in [0, 0.05) is 31.9 Å². The van der Waals surface area contributed by atoms with Crippen LogP contribution in [0.15, 0.2) is 29.2 Å². The van der Waals surface area contributed by atoms with Crippen molar-refractivity contribution >= 4 is 5.97 Å². The fourth-order valence-corrected chi connectivity index (χ4v) is 2.61. The molecule has 1 atom stereocenters. The van der Waals surface area contributed by atoms with Gasteiger partial charge in [0.2, 0.25) is 0 Å². The van der Waals surface area contributed by atoms with E-state index >= 15 is 0 Å². The highest BCUT2D eigenvalue weighted by Gasteiger charge is 2.26. The van der Waals surface area contributed by atoms with Gasteiger partial charge >= 0.3 is 5.97 Å². The minimum absolute atomic E-state index is 0.0174. The summed E-state index contributed by atoms with van der Waals surface area (Å²) in [5, 5.41) is 0. The first-order chi connectivity index (χ1) is 9.70. The van der Waals surface area contributed by atoms with Gasteiger partial charge in [-0.3, -0.25) is 9.59 Å². The molecule has 0 N–H and O–H groups in total. The normalized spacial score (nSPS) is 19.8. The molecule has 2 rings (SSSR count). The molecule has 0 unspecified atom stereocenters. The minimum atomic E-state index is -0.0888. The number of ether oxygens (including phenoxy) is 1. The SMILES string of the molecule is CCOC(=O)[C@H]1CCCN(CCn2ccccc2=O)C1. The van der Waals surface area contributed by atoms with Crippen molar-refractivity contribution in [2.75, 3.05) is 26.2 Å². The van der Waals surface area contributed by atoms with E-state index in [9.17, 15) is 9.59 Å². The van der Waals surface area contributed by atoms with Gasteiger partial charge in [0.1, 0.15) is 0 Å². The van der Waals surface area contributed by atoms with Gasteiger partial charge in [-0.15, -0.1) is 0 Å². The van der Waals surface area contributed by atoms with E-state index in [1.54, 1.807) is 22.9 Å². The molecule has 1 aromatic heterocycles. The predicted octanol–water partition coefficient (Wildman–Crippen LogP) is 1.12. The highest BCUT2D eigenvalue weighted by molar-refractivity contribution is 5.72. The van der Waals surface area contributed by atoms with Crippen LogP contribution in [0.25, 0.3) is 0 Å². The molecule has 0 spiro atoms. The van der Waals surface area contributed by atoms with Crippen molar-refractivity contribution < 1.29 is 9.53 Å². The van der Waals surface area contributed by atoms with Crippen molar-refractivity contribution in [3.05, 3.63) is 34.7 Å². The van der Waals surface area contributed by atoms with Crippen LogP contribution < -0.4 is 5.56 Å². The summed E-state index contributed by atoms with van der Waals surface area (Å²) in [6.45, 7) is 5.45. The maximum Gasteiger partial charge on any atom is 0.310 e. The third kappa shape index (κ3) is 3.93. The van der Waals surface area contributed by atoms with Gasteiger partial charge in [-0.2, -0.15) is 0 Å². The number of carbonyl (C=O) groups excluding carboxylic acids is 1. The largest absolute Gasteiger partial charge is 0.466 e. The van der Waals surface area contributed by atoms with Gasteiger partial charge in [-0.1, -0.05) is 6.07 Å². The lowest BCUT2D eigenvalue weighted by atomic mass is 9.98. The van der Waals surface area contributed by atoms with E-state index in [0.717, 1.165) is 32.5 Å². The average Bonchev–Trinajstić information content (AvgIpc) is 2.47. The topological polar surface area (TPSA) is 51.5 Å². The number of hydrogen-bond donors (Lipinski definition) is 0. The molecule has 0 saturated carbocycles. The Labute approximate surface area is 119 Å². The molecule has 0 amide bonds. The third-order valence-corrected chi connectivity index (χ3v) is 3.68. The molecule has 0 bridgehead atoms. The van der Waals surface area contributed by atoms with Gasteiger partial charge in [0.05, 0.1) is 12.5 Å². The molecule has 0 aliphatic carbocycles.